The maximum absolute atomic E-state index is 13.9. The smallest absolute Gasteiger partial charge is 0.231 e. The first-order chi connectivity index (χ1) is 9.95. The Morgan fingerprint density at radius 3 is 2.52 bits per heavy atom. The fourth-order valence-corrected chi connectivity index (χ4v) is 2.23. The Labute approximate surface area is 120 Å². The highest BCUT2D eigenvalue weighted by Crippen LogP contribution is 2.24. The van der Waals surface area contributed by atoms with E-state index in [0.717, 1.165) is 23.1 Å². The fourth-order valence-electron chi connectivity index (χ4n) is 2.23. The zero-order chi connectivity index (χ0) is 15.1. The SMILES string of the molecule is Cc1ccc2oc(C(=O)c3cc(F)c(C)cc3F)cc2c1. The first-order valence-electron chi connectivity index (χ1n) is 6.46. The van der Waals surface area contributed by atoms with E-state index in [-0.39, 0.29) is 16.9 Å². The summed E-state index contributed by atoms with van der Waals surface area (Å²) in [5, 5.41) is 0.756. The van der Waals surface area contributed by atoms with E-state index in [1.165, 1.54) is 6.92 Å². The lowest BCUT2D eigenvalue weighted by Crippen LogP contribution is -2.04. The van der Waals surface area contributed by atoms with Gasteiger partial charge in [0, 0.05) is 5.39 Å². The molecule has 0 unspecified atom stereocenters. The summed E-state index contributed by atoms with van der Waals surface area (Å²) in [4.78, 5) is 12.3. The average Bonchev–Trinajstić information content (AvgIpc) is 2.85. The van der Waals surface area contributed by atoms with Crippen molar-refractivity contribution in [1.82, 2.24) is 0 Å². The summed E-state index contributed by atoms with van der Waals surface area (Å²) >= 11 is 0. The van der Waals surface area contributed by atoms with E-state index >= 15 is 0 Å². The van der Waals surface area contributed by atoms with Gasteiger partial charge in [0.25, 0.3) is 0 Å². The number of carbonyl (C=O) groups excluding carboxylic acids is 1. The van der Waals surface area contributed by atoms with Crippen LogP contribution in [0.5, 0.6) is 0 Å². The number of ketones is 1. The quantitative estimate of drug-likeness (QED) is 0.646. The molecule has 1 aromatic heterocycles. The van der Waals surface area contributed by atoms with Crippen molar-refractivity contribution < 1.29 is 18.0 Å². The lowest BCUT2D eigenvalue weighted by atomic mass is 10.1. The van der Waals surface area contributed by atoms with Crippen molar-refractivity contribution in [1.29, 1.82) is 0 Å². The van der Waals surface area contributed by atoms with E-state index in [4.69, 9.17) is 4.42 Å². The maximum Gasteiger partial charge on any atom is 0.231 e. The molecule has 2 nitrogen and oxygen atoms in total. The predicted molar refractivity (Wildman–Crippen MR) is 75.5 cm³/mol. The van der Waals surface area contributed by atoms with Gasteiger partial charge in [-0.15, -0.1) is 0 Å². The van der Waals surface area contributed by atoms with Gasteiger partial charge in [-0.2, -0.15) is 0 Å². The van der Waals surface area contributed by atoms with Gasteiger partial charge < -0.3 is 4.42 Å². The van der Waals surface area contributed by atoms with E-state index < -0.39 is 17.4 Å². The number of benzene rings is 2. The van der Waals surface area contributed by atoms with Crippen LogP contribution in [0.2, 0.25) is 0 Å². The van der Waals surface area contributed by atoms with Crippen LogP contribution in [0.1, 0.15) is 27.2 Å². The third-order valence-corrected chi connectivity index (χ3v) is 3.39. The molecule has 0 saturated heterocycles. The fraction of sp³-hybridized carbons (Fsp3) is 0.118. The predicted octanol–water partition coefficient (Wildman–Crippen LogP) is 4.56. The molecule has 2 aromatic carbocycles. The summed E-state index contributed by atoms with van der Waals surface area (Å²) < 4.78 is 32.8. The van der Waals surface area contributed by atoms with Crippen LogP contribution < -0.4 is 0 Å². The maximum atomic E-state index is 13.9. The van der Waals surface area contributed by atoms with Crippen LogP contribution in [-0.2, 0) is 0 Å². The Morgan fingerprint density at radius 2 is 1.76 bits per heavy atom. The van der Waals surface area contributed by atoms with E-state index in [1.54, 1.807) is 12.1 Å². The van der Waals surface area contributed by atoms with Crippen molar-refractivity contribution in [3.8, 4) is 0 Å². The van der Waals surface area contributed by atoms with Crippen molar-refractivity contribution in [2.75, 3.05) is 0 Å². The van der Waals surface area contributed by atoms with Crippen LogP contribution in [-0.4, -0.2) is 5.78 Å². The minimum absolute atomic E-state index is 0.00208. The van der Waals surface area contributed by atoms with Crippen molar-refractivity contribution in [2.45, 2.75) is 13.8 Å². The highest BCUT2D eigenvalue weighted by Gasteiger charge is 2.20. The first kappa shape index (κ1) is 13.5. The number of hydrogen-bond donors (Lipinski definition) is 0. The summed E-state index contributed by atoms with van der Waals surface area (Å²) in [5.74, 6) is -2.04. The van der Waals surface area contributed by atoms with Crippen LogP contribution in [0.3, 0.4) is 0 Å². The Balaban J connectivity index is 2.10. The molecule has 0 aliphatic rings. The molecule has 4 heteroatoms. The normalized spacial score (nSPS) is 11.0. The highest BCUT2D eigenvalue weighted by molar-refractivity contribution is 6.09. The van der Waals surface area contributed by atoms with Gasteiger partial charge in [-0.1, -0.05) is 11.6 Å². The molecule has 3 rings (SSSR count). The zero-order valence-corrected chi connectivity index (χ0v) is 11.5. The largest absolute Gasteiger partial charge is 0.453 e. The zero-order valence-electron chi connectivity index (χ0n) is 11.5. The molecular formula is C17H12F2O2. The van der Waals surface area contributed by atoms with Crippen LogP contribution in [0.15, 0.2) is 40.8 Å². The lowest BCUT2D eigenvalue weighted by molar-refractivity contribution is 0.101. The molecule has 0 radical (unpaired) electrons. The molecule has 0 bridgehead atoms. The molecule has 21 heavy (non-hydrogen) atoms. The van der Waals surface area contributed by atoms with Gasteiger partial charge in [-0.05, 0) is 49.7 Å². The topological polar surface area (TPSA) is 30.2 Å². The van der Waals surface area contributed by atoms with Crippen LogP contribution in [0.25, 0.3) is 11.0 Å². The standard InChI is InChI=1S/C17H12F2O2/c1-9-3-4-15-11(5-9)7-16(21-15)17(20)12-8-13(18)10(2)6-14(12)19/h3-8H,1-2H3. The molecule has 0 fully saturated rings. The van der Waals surface area contributed by atoms with Gasteiger partial charge in [0.2, 0.25) is 5.78 Å². The van der Waals surface area contributed by atoms with Crippen molar-refractivity contribution in [2.24, 2.45) is 0 Å². The molecule has 0 spiro atoms. The third kappa shape index (κ3) is 2.33. The van der Waals surface area contributed by atoms with Crippen molar-refractivity contribution in [3.05, 3.63) is 70.5 Å². The molecular weight excluding hydrogens is 274 g/mol. The van der Waals surface area contributed by atoms with E-state index in [0.29, 0.717) is 5.58 Å². The lowest BCUT2D eigenvalue weighted by Gasteiger charge is -2.02. The molecule has 106 valence electrons. The number of furan rings is 1. The number of carbonyl (C=O) groups is 1. The van der Waals surface area contributed by atoms with E-state index in [9.17, 15) is 13.6 Å². The van der Waals surface area contributed by atoms with Gasteiger partial charge in [0.1, 0.15) is 17.2 Å². The Morgan fingerprint density at radius 1 is 1.00 bits per heavy atom. The van der Waals surface area contributed by atoms with Crippen LogP contribution in [0, 0.1) is 25.5 Å². The van der Waals surface area contributed by atoms with Gasteiger partial charge >= 0.3 is 0 Å². The summed E-state index contributed by atoms with van der Waals surface area (Å²) in [6, 6.07) is 8.92. The summed E-state index contributed by atoms with van der Waals surface area (Å²) in [6.45, 7) is 3.36. The summed E-state index contributed by atoms with van der Waals surface area (Å²) in [5.41, 5.74) is 1.39. The van der Waals surface area contributed by atoms with E-state index in [1.807, 2.05) is 19.1 Å². The van der Waals surface area contributed by atoms with Gasteiger partial charge in [0.05, 0.1) is 5.56 Å². The Hall–Kier alpha value is -2.49. The van der Waals surface area contributed by atoms with Crippen molar-refractivity contribution >= 4 is 16.8 Å². The molecule has 0 saturated carbocycles. The minimum atomic E-state index is -0.754. The van der Waals surface area contributed by atoms with Crippen LogP contribution in [0.4, 0.5) is 8.78 Å². The number of aryl methyl sites for hydroxylation is 2. The molecule has 0 atom stereocenters. The molecule has 0 aliphatic heterocycles. The van der Waals surface area contributed by atoms with Crippen molar-refractivity contribution in [3.63, 3.8) is 0 Å². The number of fused-ring (bicyclic) bond motifs is 1. The molecule has 3 aromatic rings. The molecule has 0 amide bonds. The summed E-state index contributed by atoms with van der Waals surface area (Å²) in [7, 11) is 0. The highest BCUT2D eigenvalue weighted by atomic mass is 19.1. The second kappa shape index (κ2) is 4.81. The summed E-state index contributed by atoms with van der Waals surface area (Å²) in [6.07, 6.45) is 0. The number of hydrogen-bond acceptors (Lipinski definition) is 2. The average molecular weight is 286 g/mol. The van der Waals surface area contributed by atoms with E-state index in [2.05, 4.69) is 0 Å². The Bertz CT molecular complexity index is 863. The van der Waals surface area contributed by atoms with Gasteiger partial charge in [-0.25, -0.2) is 8.78 Å². The first-order valence-corrected chi connectivity index (χ1v) is 6.46. The van der Waals surface area contributed by atoms with Gasteiger partial charge in [0.15, 0.2) is 5.76 Å². The number of rotatable bonds is 2. The molecule has 0 N–H and O–H groups in total. The Kier molecular flexibility index (Phi) is 3.09. The second-order valence-electron chi connectivity index (χ2n) is 5.06. The van der Waals surface area contributed by atoms with Crippen LogP contribution >= 0.6 is 0 Å². The second-order valence-corrected chi connectivity index (χ2v) is 5.06. The molecule has 1 heterocycles. The number of halogens is 2. The third-order valence-electron chi connectivity index (χ3n) is 3.39. The minimum Gasteiger partial charge on any atom is -0.453 e. The van der Waals surface area contributed by atoms with Gasteiger partial charge in [-0.3, -0.25) is 4.79 Å². The molecule has 0 aliphatic carbocycles. The monoisotopic (exact) mass is 286 g/mol.